The Morgan fingerprint density at radius 1 is 1.20 bits per heavy atom. The largest absolute Gasteiger partial charge is 0.311 e. The summed E-state index contributed by atoms with van der Waals surface area (Å²) < 4.78 is 40.3. The van der Waals surface area contributed by atoms with Gasteiger partial charge in [-0.25, -0.2) is 12.8 Å². The summed E-state index contributed by atoms with van der Waals surface area (Å²) in [7, 11) is -3.93. The van der Waals surface area contributed by atoms with Gasteiger partial charge in [0.05, 0.1) is 16.5 Å². The SMILES string of the molecule is N#Cc1cccc(S(=O)(=O)NC2CCN(c3ccc(F)cc3)C2=O)c1. The molecule has 2 aromatic rings. The Kier molecular flexibility index (Phi) is 4.53. The molecule has 128 valence electrons. The second kappa shape index (κ2) is 6.63. The monoisotopic (exact) mass is 359 g/mol. The number of rotatable bonds is 4. The molecule has 1 fully saturated rings. The van der Waals surface area contributed by atoms with Gasteiger partial charge in [-0.1, -0.05) is 6.07 Å². The van der Waals surface area contributed by atoms with Crippen molar-refractivity contribution in [3.63, 3.8) is 0 Å². The predicted molar refractivity (Wildman–Crippen MR) is 88.6 cm³/mol. The van der Waals surface area contributed by atoms with Crippen molar-refractivity contribution in [2.75, 3.05) is 11.4 Å². The maximum atomic E-state index is 13.0. The van der Waals surface area contributed by atoms with Crippen molar-refractivity contribution in [3.05, 3.63) is 59.9 Å². The van der Waals surface area contributed by atoms with Crippen LogP contribution >= 0.6 is 0 Å². The normalized spacial score (nSPS) is 17.5. The smallest absolute Gasteiger partial charge is 0.245 e. The van der Waals surface area contributed by atoms with Crippen LogP contribution in [0, 0.1) is 17.1 Å². The van der Waals surface area contributed by atoms with Crippen LogP contribution in [0.25, 0.3) is 0 Å². The molecule has 0 aromatic heterocycles. The van der Waals surface area contributed by atoms with E-state index in [4.69, 9.17) is 5.26 Å². The van der Waals surface area contributed by atoms with Crippen molar-refractivity contribution in [2.24, 2.45) is 0 Å². The standard InChI is InChI=1S/C17H14FN3O3S/c18-13-4-6-14(7-5-13)21-9-8-16(17(21)22)20-25(23,24)15-3-1-2-12(10-15)11-19/h1-7,10,16,20H,8-9H2. The highest BCUT2D eigenvalue weighted by molar-refractivity contribution is 7.89. The van der Waals surface area contributed by atoms with E-state index in [1.165, 1.54) is 53.4 Å². The molecule has 1 heterocycles. The lowest BCUT2D eigenvalue weighted by Gasteiger charge is -2.17. The van der Waals surface area contributed by atoms with Crippen LogP contribution in [0.1, 0.15) is 12.0 Å². The van der Waals surface area contributed by atoms with Gasteiger partial charge >= 0.3 is 0 Å². The number of carbonyl (C=O) groups excluding carboxylic acids is 1. The average Bonchev–Trinajstić information content (AvgIpc) is 2.96. The lowest BCUT2D eigenvalue weighted by Crippen LogP contribution is -2.41. The number of hydrogen-bond acceptors (Lipinski definition) is 4. The van der Waals surface area contributed by atoms with Gasteiger partial charge in [0, 0.05) is 12.2 Å². The lowest BCUT2D eigenvalue weighted by atomic mass is 10.2. The first-order chi connectivity index (χ1) is 11.9. The Bertz CT molecular complexity index is 952. The number of halogens is 1. The molecular formula is C17H14FN3O3S. The number of hydrogen-bond donors (Lipinski definition) is 1. The Balaban J connectivity index is 1.78. The Morgan fingerprint density at radius 2 is 1.92 bits per heavy atom. The minimum atomic E-state index is -3.93. The van der Waals surface area contributed by atoms with E-state index in [1.54, 1.807) is 0 Å². The van der Waals surface area contributed by atoms with E-state index >= 15 is 0 Å². The van der Waals surface area contributed by atoms with Gasteiger partial charge in [0.1, 0.15) is 11.9 Å². The highest BCUT2D eigenvalue weighted by atomic mass is 32.2. The fourth-order valence-electron chi connectivity index (χ4n) is 2.65. The van der Waals surface area contributed by atoms with Gasteiger partial charge in [-0.3, -0.25) is 4.79 Å². The van der Waals surface area contributed by atoms with Crippen LogP contribution in [0.5, 0.6) is 0 Å². The van der Waals surface area contributed by atoms with Crippen LogP contribution in [0.2, 0.25) is 0 Å². The molecule has 6 nitrogen and oxygen atoms in total. The first-order valence-electron chi connectivity index (χ1n) is 7.50. The molecule has 1 atom stereocenters. The predicted octanol–water partition coefficient (Wildman–Crippen LogP) is 1.78. The number of sulfonamides is 1. The van der Waals surface area contributed by atoms with Crippen molar-refractivity contribution < 1.29 is 17.6 Å². The van der Waals surface area contributed by atoms with E-state index in [-0.39, 0.29) is 10.5 Å². The van der Waals surface area contributed by atoms with Gasteiger partial charge in [-0.15, -0.1) is 0 Å². The third-order valence-corrected chi connectivity index (χ3v) is 5.38. The molecule has 3 rings (SSSR count). The van der Waals surface area contributed by atoms with E-state index < -0.39 is 27.8 Å². The molecule has 1 saturated heterocycles. The van der Waals surface area contributed by atoms with E-state index in [0.717, 1.165) is 0 Å². The first kappa shape index (κ1) is 17.1. The summed E-state index contributed by atoms with van der Waals surface area (Å²) in [6.07, 6.45) is 0.299. The topological polar surface area (TPSA) is 90.3 Å². The van der Waals surface area contributed by atoms with Crippen molar-refractivity contribution in [3.8, 4) is 6.07 Å². The summed E-state index contributed by atoms with van der Waals surface area (Å²) in [6.45, 7) is 0.329. The van der Waals surface area contributed by atoms with Crippen LogP contribution < -0.4 is 9.62 Å². The molecule has 1 aliphatic heterocycles. The maximum absolute atomic E-state index is 13.0. The number of amides is 1. The summed E-state index contributed by atoms with van der Waals surface area (Å²) in [5, 5.41) is 8.88. The average molecular weight is 359 g/mol. The van der Waals surface area contributed by atoms with Gasteiger partial charge in [0.25, 0.3) is 0 Å². The molecule has 0 aliphatic carbocycles. The van der Waals surface area contributed by atoms with Crippen LogP contribution in [0.15, 0.2) is 53.4 Å². The summed E-state index contributed by atoms with van der Waals surface area (Å²) in [5.74, 6) is -0.809. The molecule has 0 spiro atoms. The fraction of sp³-hybridized carbons (Fsp3) is 0.176. The van der Waals surface area contributed by atoms with Gasteiger partial charge in [0.2, 0.25) is 15.9 Å². The van der Waals surface area contributed by atoms with Gasteiger partial charge in [-0.2, -0.15) is 9.98 Å². The second-order valence-electron chi connectivity index (χ2n) is 5.57. The quantitative estimate of drug-likeness (QED) is 0.901. The van der Waals surface area contributed by atoms with Crippen LogP contribution in [0.3, 0.4) is 0 Å². The van der Waals surface area contributed by atoms with E-state index in [1.807, 2.05) is 6.07 Å². The minimum Gasteiger partial charge on any atom is -0.311 e. The van der Waals surface area contributed by atoms with Crippen molar-refractivity contribution in [1.29, 1.82) is 5.26 Å². The first-order valence-corrected chi connectivity index (χ1v) is 8.98. The number of nitriles is 1. The summed E-state index contributed by atoms with van der Waals surface area (Å²) >= 11 is 0. The number of carbonyl (C=O) groups is 1. The third kappa shape index (κ3) is 3.52. The molecule has 1 N–H and O–H groups in total. The lowest BCUT2D eigenvalue weighted by molar-refractivity contribution is -0.118. The molecule has 25 heavy (non-hydrogen) atoms. The van der Waals surface area contributed by atoms with Crippen molar-refractivity contribution >= 4 is 21.6 Å². The van der Waals surface area contributed by atoms with E-state index in [9.17, 15) is 17.6 Å². The zero-order chi connectivity index (χ0) is 18.0. The van der Waals surface area contributed by atoms with Crippen LogP contribution in [0.4, 0.5) is 10.1 Å². The molecule has 2 aromatic carbocycles. The van der Waals surface area contributed by atoms with Crippen molar-refractivity contribution in [1.82, 2.24) is 4.72 Å². The zero-order valence-corrected chi connectivity index (χ0v) is 13.8. The Morgan fingerprint density at radius 3 is 2.60 bits per heavy atom. The summed E-state index contributed by atoms with van der Waals surface area (Å²) in [6, 6.07) is 12.0. The second-order valence-corrected chi connectivity index (χ2v) is 7.28. The van der Waals surface area contributed by atoms with Crippen LogP contribution in [-0.2, 0) is 14.8 Å². The molecule has 0 bridgehead atoms. The van der Waals surface area contributed by atoms with Gasteiger partial charge in [-0.05, 0) is 48.9 Å². The molecule has 8 heteroatoms. The summed E-state index contributed by atoms with van der Waals surface area (Å²) in [5.41, 5.74) is 0.730. The highest BCUT2D eigenvalue weighted by Gasteiger charge is 2.35. The Hall–Kier alpha value is -2.76. The zero-order valence-electron chi connectivity index (χ0n) is 13.0. The number of anilines is 1. The van der Waals surface area contributed by atoms with Crippen molar-refractivity contribution in [2.45, 2.75) is 17.4 Å². The molecule has 1 unspecified atom stereocenters. The number of benzene rings is 2. The maximum Gasteiger partial charge on any atom is 0.245 e. The Labute approximate surface area is 144 Å². The van der Waals surface area contributed by atoms with Gasteiger partial charge in [0.15, 0.2) is 0 Å². The number of nitrogens with zero attached hydrogens (tertiary/aromatic N) is 2. The molecular weight excluding hydrogens is 345 g/mol. The summed E-state index contributed by atoms with van der Waals surface area (Å²) in [4.78, 5) is 13.8. The molecule has 0 radical (unpaired) electrons. The van der Waals surface area contributed by atoms with E-state index in [0.29, 0.717) is 18.7 Å². The van der Waals surface area contributed by atoms with Gasteiger partial charge < -0.3 is 4.90 Å². The third-order valence-electron chi connectivity index (χ3n) is 3.91. The molecule has 0 saturated carbocycles. The molecule has 1 aliphatic rings. The highest BCUT2D eigenvalue weighted by Crippen LogP contribution is 2.23. The van der Waals surface area contributed by atoms with E-state index in [2.05, 4.69) is 4.72 Å². The minimum absolute atomic E-state index is 0.0698. The van der Waals surface area contributed by atoms with Crippen LogP contribution in [-0.4, -0.2) is 26.9 Å². The molecule has 1 amide bonds. The number of nitrogens with one attached hydrogen (secondary N) is 1. The fourth-order valence-corrected chi connectivity index (χ4v) is 3.92.